The molecule has 3 rings (SSSR count). The number of methoxy groups -OCH3 is 3. The Hall–Kier alpha value is -2.03. The number of ketones is 1. The first-order chi connectivity index (χ1) is 15.5. The van der Waals surface area contributed by atoms with Gasteiger partial charge in [0, 0.05) is 11.3 Å². The summed E-state index contributed by atoms with van der Waals surface area (Å²) in [5.74, 6) is 1.95. The van der Waals surface area contributed by atoms with E-state index in [0.717, 1.165) is 24.3 Å². The highest BCUT2D eigenvalue weighted by atomic mass is 32.2. The van der Waals surface area contributed by atoms with Crippen molar-refractivity contribution in [3.63, 3.8) is 0 Å². The van der Waals surface area contributed by atoms with Crippen LogP contribution in [0.2, 0.25) is 18.1 Å². The molecule has 0 fully saturated rings. The van der Waals surface area contributed by atoms with Gasteiger partial charge in [-0.25, -0.2) is 0 Å². The molecule has 1 aromatic rings. The number of benzene rings is 1. The number of carbonyl (C=O) groups excluding carboxylic acids is 1. The summed E-state index contributed by atoms with van der Waals surface area (Å²) in [6.45, 7) is 8.34. The Labute approximate surface area is 202 Å². The molecule has 0 unspecified atom stereocenters. The lowest BCUT2D eigenvalue weighted by molar-refractivity contribution is 0.0971. The maximum atomic E-state index is 13.2. The molecule has 0 saturated heterocycles. The van der Waals surface area contributed by atoms with E-state index in [0.29, 0.717) is 28.6 Å². The molecule has 1 aliphatic carbocycles. The summed E-state index contributed by atoms with van der Waals surface area (Å²) < 4.78 is 16.1. The molecule has 1 aliphatic heterocycles. The van der Waals surface area contributed by atoms with E-state index >= 15 is 0 Å². The molecule has 2 aliphatic rings. The zero-order valence-corrected chi connectivity index (χ0v) is 22.5. The van der Waals surface area contributed by atoms with Crippen molar-refractivity contribution in [2.24, 2.45) is 4.99 Å². The number of hydrogen-bond acceptors (Lipinski definition) is 7. The van der Waals surface area contributed by atoms with Crippen LogP contribution >= 0.6 is 11.8 Å². The van der Waals surface area contributed by atoms with E-state index in [1.807, 2.05) is 13.1 Å². The van der Waals surface area contributed by atoms with Crippen LogP contribution in [0.25, 0.3) is 0 Å². The molecule has 0 aromatic heterocycles. The molecule has 0 bridgehead atoms. The highest BCUT2D eigenvalue weighted by Gasteiger charge is 2.38. The second kappa shape index (κ2) is 10.1. The van der Waals surface area contributed by atoms with Crippen LogP contribution in [0.3, 0.4) is 0 Å². The Morgan fingerprint density at radius 1 is 1.12 bits per heavy atom. The Morgan fingerprint density at radius 3 is 2.24 bits per heavy atom. The molecule has 0 radical (unpaired) electrons. The lowest BCUT2D eigenvalue weighted by atomic mass is 9.92. The lowest BCUT2D eigenvalue weighted by Gasteiger charge is -2.36. The Bertz CT molecular complexity index is 982. The fourth-order valence-electron chi connectivity index (χ4n) is 3.89. The standard InChI is InChI=1S/C25H35NO5SSi/c1-25(2,33(6,7)28)14-16-8-10-17(11-9-16)24-26-19(15-32-24)22(27)18-12-20(29-3)23(31-5)21(13-18)30-4/h8,10,12-13,19,28H,9,11,14-15H2,1-7H3/t19-/m0/s1. The number of carbonyl (C=O) groups is 1. The van der Waals surface area contributed by atoms with Crippen molar-refractivity contribution in [1.29, 1.82) is 0 Å². The molecule has 0 spiro atoms. The molecular formula is C25H35NO5SSi. The molecule has 1 aromatic carbocycles. The maximum Gasteiger partial charge on any atom is 0.203 e. The monoisotopic (exact) mass is 489 g/mol. The van der Waals surface area contributed by atoms with Gasteiger partial charge in [-0.1, -0.05) is 31.6 Å². The third kappa shape index (κ3) is 5.55. The SMILES string of the molecule is COc1cc(C(=O)[C@@H]2CSC(C3=CC=C(CC(C)(C)[Si](C)(C)O)CC3)=N2)cc(OC)c1OC. The van der Waals surface area contributed by atoms with E-state index in [9.17, 15) is 9.59 Å². The zero-order chi connectivity index (χ0) is 24.4. The van der Waals surface area contributed by atoms with E-state index in [2.05, 4.69) is 26.0 Å². The number of thioether (sulfide) groups is 1. The fraction of sp³-hybridized carbons (Fsp3) is 0.520. The molecule has 1 atom stereocenters. The number of Topliss-reactive ketones (excluding diaryl/α,β-unsaturated/α-hetero) is 1. The van der Waals surface area contributed by atoms with Crippen molar-refractivity contribution in [2.75, 3.05) is 27.1 Å². The average Bonchev–Trinajstić information content (AvgIpc) is 3.27. The van der Waals surface area contributed by atoms with Crippen LogP contribution in [0.15, 0.2) is 40.4 Å². The van der Waals surface area contributed by atoms with Crippen molar-refractivity contribution in [3.05, 3.63) is 41.0 Å². The van der Waals surface area contributed by atoms with Crippen molar-refractivity contribution < 1.29 is 23.8 Å². The number of rotatable bonds is 9. The molecular weight excluding hydrogens is 454 g/mol. The molecule has 33 heavy (non-hydrogen) atoms. The van der Waals surface area contributed by atoms with Gasteiger partial charge in [-0.15, -0.1) is 11.8 Å². The van der Waals surface area contributed by atoms with Gasteiger partial charge < -0.3 is 19.0 Å². The Balaban J connectivity index is 1.76. The van der Waals surface area contributed by atoms with Gasteiger partial charge in [-0.3, -0.25) is 9.79 Å². The number of nitrogens with zero attached hydrogens (tertiary/aromatic N) is 1. The van der Waals surface area contributed by atoms with Crippen LogP contribution in [-0.2, 0) is 0 Å². The third-order valence-electron chi connectivity index (χ3n) is 6.74. The van der Waals surface area contributed by atoms with Crippen LogP contribution in [0.5, 0.6) is 17.2 Å². The van der Waals surface area contributed by atoms with E-state index < -0.39 is 14.4 Å². The second-order valence-electron chi connectivity index (χ2n) is 9.68. The molecule has 0 saturated carbocycles. The number of aliphatic imine (C=N–C) groups is 1. The number of ether oxygens (including phenoxy) is 3. The van der Waals surface area contributed by atoms with Gasteiger partial charge in [0.15, 0.2) is 25.6 Å². The molecule has 1 N–H and O–H groups in total. The quantitative estimate of drug-likeness (QED) is 0.368. The first-order valence-electron chi connectivity index (χ1n) is 11.2. The van der Waals surface area contributed by atoms with E-state index in [4.69, 9.17) is 19.2 Å². The smallest absolute Gasteiger partial charge is 0.203 e. The minimum atomic E-state index is -2.24. The Morgan fingerprint density at radius 2 is 1.76 bits per heavy atom. The van der Waals surface area contributed by atoms with Crippen molar-refractivity contribution in [1.82, 2.24) is 0 Å². The predicted octanol–water partition coefficient (Wildman–Crippen LogP) is 5.42. The maximum absolute atomic E-state index is 13.2. The summed E-state index contributed by atoms with van der Waals surface area (Å²) in [5, 5.41) is 0.883. The van der Waals surface area contributed by atoms with Gasteiger partial charge in [0.2, 0.25) is 5.75 Å². The van der Waals surface area contributed by atoms with Gasteiger partial charge >= 0.3 is 0 Å². The minimum absolute atomic E-state index is 0.0544. The van der Waals surface area contributed by atoms with Crippen molar-refractivity contribution >= 4 is 30.9 Å². The normalized spacial score (nSPS) is 18.9. The van der Waals surface area contributed by atoms with E-state index in [1.54, 1.807) is 23.9 Å². The number of hydrogen-bond donors (Lipinski definition) is 1. The van der Waals surface area contributed by atoms with Gasteiger partial charge in [-0.05, 0) is 55.1 Å². The summed E-state index contributed by atoms with van der Waals surface area (Å²) in [4.78, 5) is 28.5. The van der Waals surface area contributed by atoms with Crippen LogP contribution in [0.1, 0.15) is 43.5 Å². The van der Waals surface area contributed by atoms with Crippen molar-refractivity contribution in [2.45, 2.75) is 57.3 Å². The predicted molar refractivity (Wildman–Crippen MR) is 138 cm³/mol. The fourth-order valence-corrected chi connectivity index (χ4v) is 5.65. The molecule has 6 nitrogen and oxygen atoms in total. The van der Waals surface area contributed by atoms with Crippen LogP contribution in [0, 0.1) is 0 Å². The van der Waals surface area contributed by atoms with Crippen LogP contribution < -0.4 is 14.2 Å². The third-order valence-corrected chi connectivity index (χ3v) is 11.4. The van der Waals surface area contributed by atoms with E-state index in [1.165, 1.54) is 32.5 Å². The summed E-state index contributed by atoms with van der Waals surface area (Å²) >= 11 is 1.64. The molecule has 1 heterocycles. The van der Waals surface area contributed by atoms with Gasteiger partial charge in [0.1, 0.15) is 6.04 Å². The largest absolute Gasteiger partial charge is 0.493 e. The summed E-state index contributed by atoms with van der Waals surface area (Å²) in [6.07, 6.45) is 7.10. The lowest BCUT2D eigenvalue weighted by Crippen LogP contribution is -2.39. The minimum Gasteiger partial charge on any atom is -0.493 e. The Kier molecular flexibility index (Phi) is 7.81. The highest BCUT2D eigenvalue weighted by Crippen LogP contribution is 2.44. The molecule has 180 valence electrons. The van der Waals surface area contributed by atoms with Crippen LogP contribution in [-0.4, -0.2) is 57.1 Å². The average molecular weight is 490 g/mol. The first-order valence-corrected chi connectivity index (χ1v) is 15.1. The molecule has 0 amide bonds. The van der Waals surface area contributed by atoms with Gasteiger partial charge in [-0.2, -0.15) is 0 Å². The zero-order valence-electron chi connectivity index (χ0n) is 20.7. The van der Waals surface area contributed by atoms with Crippen LogP contribution in [0.4, 0.5) is 0 Å². The van der Waals surface area contributed by atoms with Crippen molar-refractivity contribution in [3.8, 4) is 17.2 Å². The number of allylic oxidation sites excluding steroid dienone is 3. The highest BCUT2D eigenvalue weighted by molar-refractivity contribution is 8.14. The topological polar surface area (TPSA) is 77.4 Å². The van der Waals surface area contributed by atoms with E-state index in [-0.39, 0.29) is 10.8 Å². The summed E-state index contributed by atoms with van der Waals surface area (Å²) in [5.41, 5.74) is 3.05. The first kappa shape index (κ1) is 25.6. The molecule has 8 heteroatoms. The second-order valence-corrected chi connectivity index (χ2v) is 15.2. The van der Waals surface area contributed by atoms with Gasteiger partial charge in [0.25, 0.3) is 0 Å². The summed E-state index contributed by atoms with van der Waals surface area (Å²) in [6, 6.07) is 2.94. The summed E-state index contributed by atoms with van der Waals surface area (Å²) in [7, 11) is 2.38. The van der Waals surface area contributed by atoms with Gasteiger partial charge in [0.05, 0.1) is 26.4 Å².